The predicted molar refractivity (Wildman–Crippen MR) is 153 cm³/mol. The van der Waals surface area contributed by atoms with Gasteiger partial charge in [0.05, 0.1) is 37.1 Å². The number of rotatable bonds is 3. The number of hydrogen-bond donors (Lipinski definition) is 6. The van der Waals surface area contributed by atoms with Crippen LogP contribution in [0.5, 0.6) is 0 Å². The lowest BCUT2D eigenvalue weighted by atomic mass is 9.42. The van der Waals surface area contributed by atoms with Gasteiger partial charge in [-0.25, -0.2) is 0 Å². The Kier molecular flexibility index (Phi) is 7.66. The van der Waals surface area contributed by atoms with Crippen molar-refractivity contribution in [2.24, 2.45) is 46.3 Å². The van der Waals surface area contributed by atoms with E-state index in [0.29, 0.717) is 42.4 Å². The van der Waals surface area contributed by atoms with E-state index in [-0.39, 0.29) is 23.9 Å². The molecule has 6 N–H and O–H groups in total. The topological polar surface area (TPSA) is 158 Å². The van der Waals surface area contributed by atoms with Crippen molar-refractivity contribution in [3.8, 4) is 0 Å². The summed E-state index contributed by atoms with van der Waals surface area (Å²) in [4.78, 5) is 0. The number of hydrogen-bond acceptors (Lipinski definition) is 10. The zero-order chi connectivity index (χ0) is 30.7. The van der Waals surface area contributed by atoms with Crippen LogP contribution < -0.4 is 0 Å². The van der Waals surface area contributed by atoms with Gasteiger partial charge in [0.2, 0.25) is 0 Å². The molecule has 3 heterocycles. The van der Waals surface area contributed by atoms with Gasteiger partial charge in [0.25, 0.3) is 0 Å². The molecule has 0 aromatic carbocycles. The number of fused-ring (bicyclic) bond motifs is 7. The molecule has 10 nitrogen and oxygen atoms in total. The minimum atomic E-state index is -1.56. The molecule has 0 aromatic rings. The van der Waals surface area contributed by atoms with E-state index >= 15 is 0 Å². The summed E-state index contributed by atoms with van der Waals surface area (Å²) in [6, 6.07) is 0. The molecule has 10 heteroatoms. The monoisotopic (exact) mass is 610 g/mol. The zero-order valence-electron chi connectivity index (χ0n) is 26.2. The van der Waals surface area contributed by atoms with Gasteiger partial charge in [-0.05, 0) is 80.0 Å². The molecule has 4 aliphatic carbocycles. The van der Waals surface area contributed by atoms with Gasteiger partial charge in [-0.2, -0.15) is 0 Å². The number of aliphatic hydroxyl groups is 6. The molecule has 0 amide bonds. The van der Waals surface area contributed by atoms with E-state index in [9.17, 15) is 30.6 Å². The molecular weight excluding hydrogens is 556 g/mol. The van der Waals surface area contributed by atoms with Gasteiger partial charge < -0.3 is 49.6 Å². The van der Waals surface area contributed by atoms with Gasteiger partial charge in [-0.1, -0.05) is 27.7 Å². The van der Waals surface area contributed by atoms with Crippen LogP contribution in [0.3, 0.4) is 0 Å². The molecule has 3 aliphatic heterocycles. The zero-order valence-corrected chi connectivity index (χ0v) is 26.2. The quantitative estimate of drug-likeness (QED) is 0.260. The van der Waals surface area contributed by atoms with Crippen molar-refractivity contribution < 1.29 is 49.6 Å². The minimum Gasteiger partial charge on any atom is -0.394 e. The first-order valence-corrected chi connectivity index (χ1v) is 16.9. The summed E-state index contributed by atoms with van der Waals surface area (Å²) in [6.45, 7) is 9.47. The summed E-state index contributed by atoms with van der Waals surface area (Å²) in [6.07, 6.45) is -1.22. The standard InChI is InChI=1S/C33H54O10/c1-16-5-10-33(40-15-16)17(2)25-22(43-33)11-20-18-6-9-32(39)13-23(41-29-28(38)27(37)26(36)24(14-34)42-29)21(35)12-31(32,4)19(18)7-8-30(20,25)3/h16-29,34-39H,5-15H2,1-4H3/t16-,17-,18+,19-,20-,21-,22-,23+,24+,25-,26+,27-,28+,29+,30-,31+,32-,33+/m0/s1. The molecule has 0 radical (unpaired) electrons. The van der Waals surface area contributed by atoms with Crippen LogP contribution in [0.25, 0.3) is 0 Å². The van der Waals surface area contributed by atoms with Gasteiger partial charge in [-0.15, -0.1) is 0 Å². The first-order chi connectivity index (χ1) is 20.3. The fourth-order valence-electron chi connectivity index (χ4n) is 11.7. The third-order valence-electron chi connectivity index (χ3n) is 14.2. The molecule has 0 unspecified atom stereocenters. The molecule has 3 saturated heterocycles. The van der Waals surface area contributed by atoms with Gasteiger partial charge in [-0.3, -0.25) is 0 Å². The van der Waals surface area contributed by atoms with Gasteiger partial charge >= 0.3 is 0 Å². The smallest absolute Gasteiger partial charge is 0.187 e. The Morgan fingerprint density at radius 1 is 0.884 bits per heavy atom. The first kappa shape index (κ1) is 31.2. The largest absolute Gasteiger partial charge is 0.394 e. The van der Waals surface area contributed by atoms with E-state index in [1.165, 1.54) is 0 Å². The predicted octanol–water partition coefficient (Wildman–Crippen LogP) is 1.70. The summed E-state index contributed by atoms with van der Waals surface area (Å²) in [5.74, 6) is 2.18. The average molecular weight is 611 g/mol. The maximum Gasteiger partial charge on any atom is 0.187 e. The summed E-state index contributed by atoms with van der Waals surface area (Å²) < 4.78 is 24.9. The molecule has 0 aromatic heterocycles. The van der Waals surface area contributed by atoms with Crippen molar-refractivity contribution >= 4 is 0 Å². The van der Waals surface area contributed by atoms with Crippen LogP contribution in [0.15, 0.2) is 0 Å². The van der Waals surface area contributed by atoms with Crippen LogP contribution >= 0.6 is 0 Å². The molecule has 4 saturated carbocycles. The van der Waals surface area contributed by atoms with E-state index < -0.39 is 66.3 Å². The van der Waals surface area contributed by atoms with Crippen molar-refractivity contribution in [2.45, 2.75) is 146 Å². The van der Waals surface area contributed by atoms with Crippen molar-refractivity contribution in [3.05, 3.63) is 0 Å². The van der Waals surface area contributed by atoms with Crippen molar-refractivity contribution in [3.63, 3.8) is 0 Å². The van der Waals surface area contributed by atoms with Crippen molar-refractivity contribution in [1.29, 1.82) is 0 Å². The molecule has 7 fully saturated rings. The van der Waals surface area contributed by atoms with E-state index in [1.807, 2.05) is 0 Å². The highest BCUT2D eigenvalue weighted by Crippen LogP contribution is 2.72. The SMILES string of the molecule is C[C@H]1CC[C@@]2(OC1)O[C@H]1C[C@H]3[C@@H]4CC[C@]5(O)C[C@@H](O[C@@H]6O[C@H](CO)[C@@H](O)[C@H](O)[C@H]6O)[C@@H](O)C[C@]5(C)[C@H]4CC[C@]3(C)[C@H]1[C@@H]2C. The Morgan fingerprint density at radius 2 is 1.65 bits per heavy atom. The Balaban J connectivity index is 1.07. The normalized spacial score (nSPS) is 61.5. The van der Waals surface area contributed by atoms with Crippen LogP contribution in [-0.2, 0) is 18.9 Å². The number of aliphatic hydroxyl groups excluding tert-OH is 5. The molecular formula is C33H54O10. The Morgan fingerprint density at radius 3 is 2.35 bits per heavy atom. The van der Waals surface area contributed by atoms with Crippen molar-refractivity contribution in [2.75, 3.05) is 13.2 Å². The first-order valence-electron chi connectivity index (χ1n) is 16.9. The van der Waals surface area contributed by atoms with E-state index in [4.69, 9.17) is 18.9 Å². The summed E-state index contributed by atoms with van der Waals surface area (Å²) >= 11 is 0. The van der Waals surface area contributed by atoms with Gasteiger partial charge in [0, 0.05) is 24.2 Å². The molecule has 18 atom stereocenters. The van der Waals surface area contributed by atoms with Crippen LogP contribution in [0.1, 0.15) is 85.5 Å². The molecule has 246 valence electrons. The van der Waals surface area contributed by atoms with E-state index in [1.54, 1.807) is 0 Å². The third-order valence-corrected chi connectivity index (χ3v) is 14.2. The second-order valence-corrected chi connectivity index (χ2v) is 16.2. The van der Waals surface area contributed by atoms with Crippen LogP contribution in [0.2, 0.25) is 0 Å². The number of ether oxygens (including phenoxy) is 4. The highest BCUT2D eigenvalue weighted by molar-refractivity contribution is 5.18. The lowest BCUT2D eigenvalue weighted by molar-refractivity contribution is -0.333. The van der Waals surface area contributed by atoms with E-state index in [0.717, 1.165) is 45.1 Å². The fraction of sp³-hybridized carbons (Fsp3) is 1.00. The second kappa shape index (κ2) is 10.6. The molecule has 7 rings (SSSR count). The highest BCUT2D eigenvalue weighted by Gasteiger charge is 2.71. The van der Waals surface area contributed by atoms with Gasteiger partial charge in [0.1, 0.15) is 24.4 Å². The lowest BCUT2D eigenvalue weighted by Crippen LogP contribution is -2.67. The summed E-state index contributed by atoms with van der Waals surface area (Å²) in [7, 11) is 0. The van der Waals surface area contributed by atoms with Crippen LogP contribution in [-0.4, -0.2) is 104 Å². The molecule has 1 spiro atoms. The Bertz CT molecular complexity index is 1050. The van der Waals surface area contributed by atoms with Crippen LogP contribution in [0.4, 0.5) is 0 Å². The molecule has 0 bridgehead atoms. The lowest BCUT2D eigenvalue weighted by Gasteiger charge is -2.65. The van der Waals surface area contributed by atoms with Crippen molar-refractivity contribution in [1.82, 2.24) is 0 Å². The second-order valence-electron chi connectivity index (χ2n) is 16.2. The molecule has 7 aliphatic rings. The Hall–Kier alpha value is -0.400. The third kappa shape index (κ3) is 4.41. The minimum absolute atomic E-state index is 0.162. The summed E-state index contributed by atoms with van der Waals surface area (Å²) in [5.41, 5.74) is -1.40. The maximum atomic E-state index is 12.3. The average Bonchev–Trinajstić information content (AvgIpc) is 3.41. The van der Waals surface area contributed by atoms with Crippen LogP contribution in [0, 0.1) is 46.3 Å². The molecule has 43 heavy (non-hydrogen) atoms. The Labute approximate surface area is 255 Å². The highest BCUT2D eigenvalue weighted by atomic mass is 16.7. The van der Waals surface area contributed by atoms with E-state index in [2.05, 4.69) is 27.7 Å². The summed E-state index contributed by atoms with van der Waals surface area (Å²) in [5, 5.41) is 64.2. The fourth-order valence-corrected chi connectivity index (χ4v) is 11.7. The van der Waals surface area contributed by atoms with Gasteiger partial charge in [0.15, 0.2) is 12.1 Å². The maximum absolute atomic E-state index is 12.3.